The topological polar surface area (TPSA) is 32.3 Å². The van der Waals surface area contributed by atoms with Crippen LogP contribution in [0.1, 0.15) is 34.1 Å². The summed E-state index contributed by atoms with van der Waals surface area (Å²) in [7, 11) is 0. The molecule has 1 saturated heterocycles. The number of carbonyl (C=O) groups excluding carboxylic acids is 1. The van der Waals surface area contributed by atoms with Crippen LogP contribution in [-0.4, -0.2) is 40.8 Å². The normalized spacial score (nSPS) is 24.2. The third-order valence-electron chi connectivity index (χ3n) is 3.23. The van der Waals surface area contributed by atoms with Crippen molar-refractivity contribution in [3.05, 3.63) is 0 Å². The molecule has 1 heterocycles. The van der Waals surface area contributed by atoms with Gasteiger partial charge in [0, 0.05) is 12.3 Å². The first-order valence-corrected chi connectivity index (χ1v) is 7.87. The summed E-state index contributed by atoms with van der Waals surface area (Å²) in [6.07, 6.45) is 0.547. The van der Waals surface area contributed by atoms with Crippen molar-refractivity contribution < 1.29 is 18.0 Å². The average Bonchev–Trinajstić information content (AvgIpc) is 2.55. The van der Waals surface area contributed by atoms with Crippen LogP contribution in [0.5, 0.6) is 0 Å². The minimum Gasteiger partial charge on any atom is -0.325 e. The quantitative estimate of drug-likeness (QED) is 0.818. The van der Waals surface area contributed by atoms with Crippen molar-refractivity contribution >= 4 is 17.7 Å². The molecule has 0 saturated carbocycles. The smallest absolute Gasteiger partial charge is 0.325 e. The van der Waals surface area contributed by atoms with Crippen LogP contribution < -0.4 is 5.32 Å². The lowest BCUT2D eigenvalue weighted by atomic mass is 10.0. The molecular weight excluding hydrogens is 289 g/mol. The highest BCUT2D eigenvalue weighted by Gasteiger charge is 2.40. The molecule has 0 spiro atoms. The molecule has 1 aliphatic rings. The molecule has 1 rings (SSSR count). The number of alkyl halides is 3. The van der Waals surface area contributed by atoms with E-state index in [1.807, 2.05) is 27.7 Å². The van der Waals surface area contributed by atoms with Crippen molar-refractivity contribution in [2.45, 2.75) is 51.8 Å². The second-order valence-corrected chi connectivity index (χ2v) is 7.02. The third-order valence-corrected chi connectivity index (χ3v) is 3.94. The summed E-state index contributed by atoms with van der Waals surface area (Å²) in [5.74, 6) is 0.357. The van der Waals surface area contributed by atoms with Gasteiger partial charge in [-0.3, -0.25) is 10.1 Å². The van der Waals surface area contributed by atoms with E-state index in [-0.39, 0.29) is 48.1 Å². The Morgan fingerprint density at radius 3 is 2.35 bits per heavy atom. The fourth-order valence-electron chi connectivity index (χ4n) is 2.41. The fraction of sp³-hybridized carbons (Fsp3) is 0.923. The second-order valence-electron chi connectivity index (χ2n) is 5.86. The van der Waals surface area contributed by atoms with E-state index in [4.69, 9.17) is 0 Å². The van der Waals surface area contributed by atoms with Crippen molar-refractivity contribution in [3.8, 4) is 0 Å². The van der Waals surface area contributed by atoms with E-state index in [0.717, 1.165) is 0 Å². The molecule has 0 bridgehead atoms. The maximum atomic E-state index is 12.3. The number of halogens is 3. The minimum absolute atomic E-state index is 0.0693. The van der Waals surface area contributed by atoms with Gasteiger partial charge in [-0.2, -0.15) is 13.2 Å². The summed E-state index contributed by atoms with van der Waals surface area (Å²) in [6.45, 7) is 8.12. The Kier molecular flexibility index (Phi) is 6.19. The number of nitrogens with one attached hydrogen (secondary N) is 1. The van der Waals surface area contributed by atoms with Gasteiger partial charge in [0.15, 0.2) is 0 Å². The molecule has 0 aliphatic carbocycles. The monoisotopic (exact) mass is 312 g/mol. The zero-order valence-electron chi connectivity index (χ0n) is 12.3. The van der Waals surface area contributed by atoms with Gasteiger partial charge in [0.05, 0.1) is 12.2 Å². The van der Waals surface area contributed by atoms with Crippen LogP contribution in [0.25, 0.3) is 0 Å². The van der Waals surface area contributed by atoms with Crippen LogP contribution >= 0.6 is 11.8 Å². The van der Waals surface area contributed by atoms with Gasteiger partial charge < -0.3 is 4.90 Å². The van der Waals surface area contributed by atoms with Gasteiger partial charge >= 0.3 is 5.51 Å². The molecule has 3 nitrogen and oxygen atoms in total. The van der Waals surface area contributed by atoms with Crippen LogP contribution in [0.2, 0.25) is 0 Å². The molecule has 1 amide bonds. The van der Waals surface area contributed by atoms with E-state index < -0.39 is 5.51 Å². The van der Waals surface area contributed by atoms with Crippen molar-refractivity contribution in [2.75, 3.05) is 12.3 Å². The summed E-state index contributed by atoms with van der Waals surface area (Å²) < 4.78 is 36.5. The fourth-order valence-corrected chi connectivity index (χ4v) is 2.93. The molecule has 1 fully saturated rings. The SMILES string of the molecule is CC(C)CC1NC(C(C)C)N(CCSC(F)(F)F)C1=O. The predicted octanol–water partition coefficient (Wildman–Crippen LogP) is 3.07. The molecule has 0 radical (unpaired) electrons. The first-order chi connectivity index (χ1) is 9.11. The largest absolute Gasteiger partial charge is 0.441 e. The van der Waals surface area contributed by atoms with Crippen molar-refractivity contribution in [1.29, 1.82) is 0 Å². The van der Waals surface area contributed by atoms with E-state index in [0.29, 0.717) is 12.3 Å². The Bertz CT molecular complexity index is 334. The molecular formula is C13H23F3N2OS. The van der Waals surface area contributed by atoms with E-state index in [1.165, 1.54) is 0 Å². The molecule has 118 valence electrons. The van der Waals surface area contributed by atoms with Gasteiger partial charge in [0.25, 0.3) is 0 Å². The summed E-state index contributed by atoms with van der Waals surface area (Å²) in [5.41, 5.74) is -4.24. The van der Waals surface area contributed by atoms with Crippen molar-refractivity contribution in [1.82, 2.24) is 10.2 Å². The highest BCUT2D eigenvalue weighted by Crippen LogP contribution is 2.30. The van der Waals surface area contributed by atoms with E-state index in [1.54, 1.807) is 4.90 Å². The Hall–Kier alpha value is -0.430. The van der Waals surface area contributed by atoms with Gasteiger partial charge in [-0.1, -0.05) is 27.7 Å². The molecule has 2 unspecified atom stereocenters. The summed E-state index contributed by atoms with van der Waals surface area (Å²) in [5, 5.41) is 3.26. The van der Waals surface area contributed by atoms with Gasteiger partial charge in [-0.15, -0.1) is 0 Å². The maximum Gasteiger partial charge on any atom is 0.441 e. The zero-order chi connectivity index (χ0) is 15.5. The van der Waals surface area contributed by atoms with Crippen LogP contribution in [0.3, 0.4) is 0 Å². The standard InChI is InChI=1S/C13H23F3N2OS/c1-8(2)7-10-12(19)18(11(17-10)9(3)4)5-6-20-13(14,15)16/h8-11,17H,5-7H2,1-4H3. The molecule has 0 aromatic rings. The zero-order valence-corrected chi connectivity index (χ0v) is 13.1. The van der Waals surface area contributed by atoms with Gasteiger partial charge in [0.1, 0.15) is 0 Å². The Labute approximate surface area is 122 Å². The Morgan fingerprint density at radius 2 is 1.90 bits per heavy atom. The lowest BCUT2D eigenvalue weighted by Gasteiger charge is -2.27. The third kappa shape index (κ3) is 5.16. The first kappa shape index (κ1) is 17.6. The Morgan fingerprint density at radius 1 is 1.30 bits per heavy atom. The molecule has 1 aliphatic heterocycles. The van der Waals surface area contributed by atoms with Gasteiger partial charge in [-0.25, -0.2) is 0 Å². The molecule has 7 heteroatoms. The number of hydrogen-bond acceptors (Lipinski definition) is 3. The Balaban J connectivity index is 2.63. The molecule has 20 heavy (non-hydrogen) atoms. The number of amides is 1. The lowest BCUT2D eigenvalue weighted by Crippen LogP contribution is -2.42. The van der Waals surface area contributed by atoms with Crippen LogP contribution in [0, 0.1) is 11.8 Å². The minimum atomic E-state index is -4.24. The van der Waals surface area contributed by atoms with E-state index in [2.05, 4.69) is 5.32 Å². The summed E-state index contributed by atoms with van der Waals surface area (Å²) in [4.78, 5) is 13.9. The van der Waals surface area contributed by atoms with Gasteiger partial charge in [0.2, 0.25) is 5.91 Å². The highest BCUT2D eigenvalue weighted by atomic mass is 32.2. The summed E-state index contributed by atoms with van der Waals surface area (Å²) >= 11 is -0.0703. The molecule has 0 aromatic heterocycles. The number of nitrogens with zero attached hydrogens (tertiary/aromatic N) is 1. The predicted molar refractivity (Wildman–Crippen MR) is 75.2 cm³/mol. The second kappa shape index (κ2) is 7.02. The number of rotatable bonds is 6. The van der Waals surface area contributed by atoms with Crippen LogP contribution in [-0.2, 0) is 4.79 Å². The molecule has 2 atom stereocenters. The number of hydrogen-bond donors (Lipinski definition) is 1. The lowest BCUT2D eigenvalue weighted by molar-refractivity contribution is -0.130. The van der Waals surface area contributed by atoms with Crippen molar-refractivity contribution in [3.63, 3.8) is 0 Å². The van der Waals surface area contributed by atoms with Crippen LogP contribution in [0.4, 0.5) is 13.2 Å². The summed E-state index contributed by atoms with van der Waals surface area (Å²) in [6, 6.07) is -0.265. The number of carbonyl (C=O) groups is 1. The molecule has 0 aromatic carbocycles. The first-order valence-electron chi connectivity index (χ1n) is 6.89. The van der Waals surface area contributed by atoms with E-state index in [9.17, 15) is 18.0 Å². The average molecular weight is 312 g/mol. The maximum absolute atomic E-state index is 12.3. The molecule has 1 N–H and O–H groups in total. The van der Waals surface area contributed by atoms with Gasteiger partial charge in [-0.05, 0) is 30.0 Å². The van der Waals surface area contributed by atoms with Crippen molar-refractivity contribution in [2.24, 2.45) is 11.8 Å². The number of thioether (sulfide) groups is 1. The highest BCUT2D eigenvalue weighted by molar-refractivity contribution is 8.00. The van der Waals surface area contributed by atoms with E-state index >= 15 is 0 Å². The van der Waals surface area contributed by atoms with Crippen LogP contribution in [0.15, 0.2) is 0 Å².